The Morgan fingerprint density at radius 3 is 2.54 bits per heavy atom. The quantitative estimate of drug-likeness (QED) is 0.253. The highest BCUT2D eigenvalue weighted by atomic mass is 35.5. The minimum absolute atomic E-state index is 0.0982. The zero-order chi connectivity index (χ0) is 29.1. The van der Waals surface area contributed by atoms with Gasteiger partial charge in [-0.25, -0.2) is 5.84 Å². The Bertz CT molecular complexity index is 1390. The molecule has 39 heavy (non-hydrogen) atoms. The van der Waals surface area contributed by atoms with Crippen molar-refractivity contribution in [2.24, 2.45) is 18.6 Å². The Kier molecular flexibility index (Phi) is 9.15. The Hall–Kier alpha value is -3.74. The lowest BCUT2D eigenvalue weighted by Crippen LogP contribution is -2.26. The third kappa shape index (κ3) is 6.83. The van der Waals surface area contributed by atoms with Gasteiger partial charge in [0.25, 0.3) is 5.91 Å². The molecule has 0 spiro atoms. The summed E-state index contributed by atoms with van der Waals surface area (Å²) in [6, 6.07) is 6.16. The second-order valence-electron chi connectivity index (χ2n) is 8.92. The van der Waals surface area contributed by atoms with E-state index in [-0.39, 0.29) is 39.8 Å². The number of methoxy groups -OCH3 is 1. The first kappa shape index (κ1) is 29.8. The van der Waals surface area contributed by atoms with Crippen molar-refractivity contribution in [2.45, 2.75) is 26.6 Å². The number of rotatable bonds is 9. The molecule has 13 heteroatoms. The van der Waals surface area contributed by atoms with Crippen LogP contribution in [0, 0.1) is 6.92 Å². The average molecular weight is 566 g/mol. The molecule has 9 nitrogen and oxygen atoms in total. The number of alkyl halides is 3. The van der Waals surface area contributed by atoms with Crippen LogP contribution in [0.3, 0.4) is 0 Å². The first-order valence-corrected chi connectivity index (χ1v) is 12.2. The zero-order valence-corrected chi connectivity index (χ0v) is 23.0. The molecule has 0 fully saturated rings. The molecule has 1 amide bonds. The first-order valence-electron chi connectivity index (χ1n) is 11.8. The molecule has 0 unspecified atom stereocenters. The van der Waals surface area contributed by atoms with Crippen LogP contribution in [0.5, 0.6) is 5.75 Å². The van der Waals surface area contributed by atoms with E-state index in [4.69, 9.17) is 27.9 Å². The Morgan fingerprint density at radius 2 is 1.97 bits per heavy atom. The first-order chi connectivity index (χ1) is 18.3. The molecule has 0 aliphatic carbocycles. The molecule has 0 radical (unpaired) electrons. The van der Waals surface area contributed by atoms with Crippen LogP contribution in [-0.4, -0.2) is 41.3 Å². The van der Waals surface area contributed by atoms with Gasteiger partial charge in [-0.2, -0.15) is 18.3 Å². The van der Waals surface area contributed by atoms with Crippen molar-refractivity contribution in [3.63, 3.8) is 0 Å². The summed E-state index contributed by atoms with van der Waals surface area (Å²) in [5, 5.41) is 8.08. The molecular weight excluding hydrogens is 535 g/mol. The molecule has 3 rings (SSSR count). The number of aromatic nitrogens is 2. The molecule has 2 aromatic carbocycles. The predicted molar refractivity (Wildman–Crippen MR) is 146 cm³/mol. The molecule has 3 aromatic rings. The summed E-state index contributed by atoms with van der Waals surface area (Å²) in [7, 11) is 4.87. The van der Waals surface area contributed by atoms with Crippen LogP contribution < -0.4 is 26.6 Å². The SMILES string of the molecule is CCN(C)Cc1cc(C(F)(F)F)cc(NC(=O)c2ccc(Cl)c(N(N)/C=C(\N)c3cnn(C)c3C)c2)c1OC. The van der Waals surface area contributed by atoms with Crippen LogP contribution in [0.1, 0.15) is 39.7 Å². The Morgan fingerprint density at radius 1 is 1.28 bits per heavy atom. The lowest BCUT2D eigenvalue weighted by Gasteiger charge is -2.21. The minimum Gasteiger partial charge on any atom is -0.494 e. The van der Waals surface area contributed by atoms with Crippen molar-refractivity contribution in [2.75, 3.05) is 31.0 Å². The van der Waals surface area contributed by atoms with Crippen molar-refractivity contribution >= 4 is 34.6 Å². The molecule has 1 aromatic heterocycles. The lowest BCUT2D eigenvalue weighted by atomic mass is 10.1. The predicted octanol–water partition coefficient (Wildman–Crippen LogP) is 4.75. The normalized spacial score (nSPS) is 12.1. The van der Waals surface area contributed by atoms with E-state index >= 15 is 0 Å². The number of carbonyl (C=O) groups is 1. The van der Waals surface area contributed by atoms with Gasteiger partial charge in [0.15, 0.2) is 0 Å². The molecule has 0 bridgehead atoms. The number of benzene rings is 2. The summed E-state index contributed by atoms with van der Waals surface area (Å²) in [5.41, 5.74) is 7.59. The highest BCUT2D eigenvalue weighted by Gasteiger charge is 2.33. The molecule has 0 aliphatic heterocycles. The summed E-state index contributed by atoms with van der Waals surface area (Å²) in [5.74, 6) is 5.64. The van der Waals surface area contributed by atoms with Crippen molar-refractivity contribution in [1.82, 2.24) is 14.7 Å². The molecule has 210 valence electrons. The second-order valence-corrected chi connectivity index (χ2v) is 9.33. The van der Waals surface area contributed by atoms with E-state index in [0.29, 0.717) is 17.8 Å². The van der Waals surface area contributed by atoms with Crippen LogP contribution in [0.15, 0.2) is 42.7 Å². The average Bonchev–Trinajstić information content (AvgIpc) is 3.21. The number of aryl methyl sites for hydroxylation is 1. The maximum Gasteiger partial charge on any atom is 0.416 e. The second kappa shape index (κ2) is 12.0. The fraction of sp³-hybridized carbons (Fsp3) is 0.308. The van der Waals surface area contributed by atoms with Gasteiger partial charge in [-0.05, 0) is 50.8 Å². The standard InChI is InChI=1S/C26H31ClF3N7O2/c1-6-35(3)13-17-9-18(26(28,29)30)11-22(24(17)39-5)34-25(38)16-7-8-20(27)23(10-16)37(32)14-21(31)19-12-33-36(4)15(19)2/h7-12,14H,6,13,31-32H2,1-5H3,(H,34,38)/b21-14-. The van der Waals surface area contributed by atoms with E-state index in [2.05, 4.69) is 10.4 Å². The number of carbonyl (C=O) groups excluding carboxylic acids is 1. The van der Waals surface area contributed by atoms with Crippen molar-refractivity contribution < 1.29 is 22.7 Å². The van der Waals surface area contributed by atoms with Crippen molar-refractivity contribution in [1.29, 1.82) is 0 Å². The van der Waals surface area contributed by atoms with Crippen molar-refractivity contribution in [3.05, 3.63) is 75.7 Å². The topological polar surface area (TPSA) is 115 Å². The number of ether oxygens (including phenoxy) is 1. The van der Waals surface area contributed by atoms with Gasteiger partial charge in [0.1, 0.15) is 5.75 Å². The van der Waals surface area contributed by atoms with Gasteiger partial charge in [-0.15, -0.1) is 0 Å². The third-order valence-corrected chi connectivity index (χ3v) is 6.56. The number of nitrogens with two attached hydrogens (primary N) is 2. The van der Waals surface area contributed by atoms with E-state index in [9.17, 15) is 18.0 Å². The van der Waals surface area contributed by atoms with Gasteiger partial charge < -0.3 is 20.7 Å². The largest absolute Gasteiger partial charge is 0.494 e. The van der Waals surface area contributed by atoms with E-state index in [1.165, 1.54) is 31.5 Å². The van der Waals surface area contributed by atoms with Crippen LogP contribution in [0.2, 0.25) is 5.02 Å². The molecule has 0 atom stereocenters. The number of nitrogens with one attached hydrogen (secondary N) is 1. The summed E-state index contributed by atoms with van der Waals surface area (Å²) >= 11 is 6.33. The number of hydrogen-bond donors (Lipinski definition) is 3. The molecular formula is C26H31ClF3N7O2. The number of hydrazine groups is 1. The van der Waals surface area contributed by atoms with Crippen LogP contribution >= 0.6 is 11.6 Å². The summed E-state index contributed by atoms with van der Waals surface area (Å²) in [4.78, 5) is 15.0. The highest BCUT2D eigenvalue weighted by Crippen LogP contribution is 2.39. The summed E-state index contributed by atoms with van der Waals surface area (Å²) < 4.78 is 48.1. The number of amides is 1. The lowest BCUT2D eigenvalue weighted by molar-refractivity contribution is -0.137. The van der Waals surface area contributed by atoms with E-state index in [1.54, 1.807) is 25.0 Å². The van der Waals surface area contributed by atoms with Gasteiger partial charge in [0.05, 0.1) is 41.0 Å². The Labute approximate surface area is 229 Å². The van der Waals surface area contributed by atoms with E-state index in [1.807, 2.05) is 18.7 Å². The smallest absolute Gasteiger partial charge is 0.416 e. The van der Waals surface area contributed by atoms with Crippen LogP contribution in [0.4, 0.5) is 24.5 Å². The number of hydrogen-bond acceptors (Lipinski definition) is 7. The molecule has 0 saturated heterocycles. The highest BCUT2D eigenvalue weighted by molar-refractivity contribution is 6.33. The third-order valence-electron chi connectivity index (χ3n) is 6.24. The fourth-order valence-electron chi connectivity index (χ4n) is 3.82. The molecule has 1 heterocycles. The van der Waals surface area contributed by atoms with Gasteiger partial charge in [0, 0.05) is 42.2 Å². The molecule has 0 saturated carbocycles. The molecule has 5 N–H and O–H groups in total. The number of nitrogens with zero attached hydrogens (tertiary/aromatic N) is 4. The van der Waals surface area contributed by atoms with Crippen LogP contribution in [0.25, 0.3) is 5.70 Å². The van der Waals surface area contributed by atoms with Gasteiger partial charge in [0.2, 0.25) is 0 Å². The Balaban J connectivity index is 1.97. The number of halogens is 4. The molecule has 0 aliphatic rings. The van der Waals surface area contributed by atoms with Crippen LogP contribution in [-0.2, 0) is 19.8 Å². The van der Waals surface area contributed by atoms with Gasteiger partial charge >= 0.3 is 6.18 Å². The summed E-state index contributed by atoms with van der Waals surface area (Å²) in [6.45, 7) is 4.51. The van der Waals surface area contributed by atoms with Gasteiger partial charge in [-0.1, -0.05) is 18.5 Å². The maximum atomic E-state index is 13.7. The maximum absolute atomic E-state index is 13.7. The fourth-order valence-corrected chi connectivity index (χ4v) is 4.04. The van der Waals surface area contributed by atoms with Crippen molar-refractivity contribution in [3.8, 4) is 5.75 Å². The number of anilines is 2. The zero-order valence-electron chi connectivity index (χ0n) is 22.2. The van der Waals surface area contributed by atoms with Gasteiger partial charge in [-0.3, -0.25) is 14.5 Å². The summed E-state index contributed by atoms with van der Waals surface area (Å²) in [6.07, 6.45) is -1.60. The minimum atomic E-state index is -4.63. The monoisotopic (exact) mass is 565 g/mol. The van der Waals surface area contributed by atoms with E-state index < -0.39 is 17.6 Å². The van der Waals surface area contributed by atoms with E-state index in [0.717, 1.165) is 22.8 Å².